The van der Waals surface area contributed by atoms with Crippen molar-refractivity contribution in [1.82, 2.24) is 0 Å². The van der Waals surface area contributed by atoms with Crippen molar-refractivity contribution in [2.45, 2.75) is 58.8 Å². The number of nitrogens with zero attached hydrogens (tertiary/aromatic N) is 1. The summed E-state index contributed by atoms with van der Waals surface area (Å²) in [5, 5.41) is 0. The van der Waals surface area contributed by atoms with E-state index in [0.29, 0.717) is 0 Å². The quantitative estimate of drug-likeness (QED) is 0.571. The molecule has 0 radical (unpaired) electrons. The third kappa shape index (κ3) is 4.17. The van der Waals surface area contributed by atoms with Gasteiger partial charge in [-0.05, 0) is 40.0 Å². The maximum absolute atomic E-state index is 12.0. The third-order valence-corrected chi connectivity index (χ3v) is 2.70. The van der Waals surface area contributed by atoms with Crippen LogP contribution in [0, 0.1) is 5.92 Å². The van der Waals surface area contributed by atoms with Crippen molar-refractivity contribution in [1.29, 1.82) is 0 Å². The second-order valence-electron chi connectivity index (χ2n) is 5.62. The minimum atomic E-state index is -0.538. The van der Waals surface area contributed by atoms with Crippen LogP contribution in [0.15, 0.2) is 17.1 Å². The van der Waals surface area contributed by atoms with E-state index in [1.54, 1.807) is 0 Å². The standard InChI is InChI=1S/C14H23NO3/c1-6-7-8-10(2)12-11(15-9-17-12)13(16)18-14(3,4)5/h6-7,9-12H,8H2,1-5H3/b7-6+/t10-,11?,12?/m1/s1. The fourth-order valence-electron chi connectivity index (χ4n) is 1.82. The summed E-state index contributed by atoms with van der Waals surface area (Å²) in [6.45, 7) is 9.58. The van der Waals surface area contributed by atoms with Crippen LogP contribution in [0.25, 0.3) is 0 Å². The molecule has 0 aromatic carbocycles. The normalized spacial score (nSPS) is 25.2. The van der Waals surface area contributed by atoms with Gasteiger partial charge >= 0.3 is 5.97 Å². The molecule has 1 aliphatic rings. The van der Waals surface area contributed by atoms with Crippen molar-refractivity contribution in [2.75, 3.05) is 0 Å². The van der Waals surface area contributed by atoms with Crippen LogP contribution < -0.4 is 0 Å². The number of carbonyl (C=O) groups excluding carboxylic acids is 1. The summed E-state index contributed by atoms with van der Waals surface area (Å²) in [6.07, 6.45) is 6.07. The highest BCUT2D eigenvalue weighted by Gasteiger charge is 2.38. The molecule has 4 heteroatoms. The van der Waals surface area contributed by atoms with E-state index < -0.39 is 11.6 Å². The van der Waals surface area contributed by atoms with Gasteiger partial charge < -0.3 is 9.47 Å². The van der Waals surface area contributed by atoms with Crippen LogP contribution in [0.4, 0.5) is 0 Å². The van der Waals surface area contributed by atoms with Crippen LogP contribution in [-0.4, -0.2) is 30.1 Å². The lowest BCUT2D eigenvalue weighted by molar-refractivity contribution is -0.158. The molecule has 102 valence electrons. The van der Waals surface area contributed by atoms with E-state index in [-0.39, 0.29) is 18.0 Å². The molecule has 4 nitrogen and oxygen atoms in total. The van der Waals surface area contributed by atoms with Gasteiger partial charge in [0.25, 0.3) is 0 Å². The van der Waals surface area contributed by atoms with Crippen LogP contribution >= 0.6 is 0 Å². The summed E-state index contributed by atoms with van der Waals surface area (Å²) in [6, 6.07) is -0.538. The van der Waals surface area contributed by atoms with Gasteiger partial charge in [-0.1, -0.05) is 19.1 Å². The molecule has 0 N–H and O–H groups in total. The largest absolute Gasteiger partial charge is 0.477 e. The summed E-state index contributed by atoms with van der Waals surface area (Å²) in [7, 11) is 0. The third-order valence-electron chi connectivity index (χ3n) is 2.70. The van der Waals surface area contributed by atoms with Gasteiger partial charge in [0.2, 0.25) is 0 Å². The van der Waals surface area contributed by atoms with Crippen LogP contribution in [0.5, 0.6) is 0 Å². The Morgan fingerprint density at radius 2 is 2.22 bits per heavy atom. The van der Waals surface area contributed by atoms with E-state index in [4.69, 9.17) is 9.47 Å². The molecule has 0 fully saturated rings. The number of esters is 1. The van der Waals surface area contributed by atoms with Crippen LogP contribution in [0.3, 0.4) is 0 Å². The molecule has 0 saturated carbocycles. The second kappa shape index (κ2) is 6.03. The van der Waals surface area contributed by atoms with Crippen molar-refractivity contribution in [3.8, 4) is 0 Å². The second-order valence-corrected chi connectivity index (χ2v) is 5.62. The van der Waals surface area contributed by atoms with Gasteiger partial charge in [0.15, 0.2) is 12.4 Å². The predicted molar refractivity (Wildman–Crippen MR) is 71.6 cm³/mol. The molecule has 18 heavy (non-hydrogen) atoms. The van der Waals surface area contributed by atoms with Crippen LogP contribution in [0.2, 0.25) is 0 Å². The molecule has 0 aromatic heterocycles. The van der Waals surface area contributed by atoms with E-state index in [9.17, 15) is 4.79 Å². The summed E-state index contributed by atoms with van der Waals surface area (Å²) in [5.74, 6) is -0.0882. The summed E-state index contributed by atoms with van der Waals surface area (Å²) < 4.78 is 10.8. The Bertz CT molecular complexity index is 341. The van der Waals surface area contributed by atoms with Gasteiger partial charge in [0.05, 0.1) is 0 Å². The molecule has 0 amide bonds. The molecule has 3 atom stereocenters. The molecule has 0 saturated heterocycles. The first-order valence-electron chi connectivity index (χ1n) is 6.36. The zero-order valence-corrected chi connectivity index (χ0v) is 11.8. The lowest BCUT2D eigenvalue weighted by atomic mass is 9.95. The minimum absolute atomic E-state index is 0.223. The number of hydrogen-bond donors (Lipinski definition) is 0. The molecule has 1 aliphatic heterocycles. The molecule has 1 rings (SSSR count). The Morgan fingerprint density at radius 1 is 1.56 bits per heavy atom. The molecular weight excluding hydrogens is 230 g/mol. The van der Waals surface area contributed by atoms with Gasteiger partial charge in [-0.15, -0.1) is 0 Å². The number of ether oxygens (including phenoxy) is 2. The molecule has 0 aliphatic carbocycles. The van der Waals surface area contributed by atoms with Crippen LogP contribution in [0.1, 0.15) is 41.0 Å². The van der Waals surface area contributed by atoms with Crippen molar-refractivity contribution >= 4 is 12.4 Å². The van der Waals surface area contributed by atoms with Gasteiger partial charge in [-0.2, -0.15) is 0 Å². The molecule has 0 bridgehead atoms. The molecular formula is C14H23NO3. The molecule has 0 aromatic rings. The monoisotopic (exact) mass is 253 g/mol. The van der Waals surface area contributed by atoms with Gasteiger partial charge in [0.1, 0.15) is 11.7 Å². The van der Waals surface area contributed by atoms with Crippen molar-refractivity contribution < 1.29 is 14.3 Å². The van der Waals surface area contributed by atoms with E-state index in [1.165, 1.54) is 6.40 Å². The summed E-state index contributed by atoms with van der Waals surface area (Å²) >= 11 is 0. The summed E-state index contributed by atoms with van der Waals surface area (Å²) in [5.41, 5.74) is -0.494. The SMILES string of the molecule is C/C=C/C[C@@H](C)C1OC=NC1C(=O)OC(C)(C)C. The highest BCUT2D eigenvalue weighted by atomic mass is 16.6. The average Bonchev–Trinajstić information content (AvgIpc) is 2.72. The lowest BCUT2D eigenvalue weighted by Crippen LogP contribution is -2.39. The van der Waals surface area contributed by atoms with E-state index >= 15 is 0 Å². The van der Waals surface area contributed by atoms with Crippen LogP contribution in [-0.2, 0) is 14.3 Å². The Labute approximate surface area is 109 Å². The number of hydrogen-bond acceptors (Lipinski definition) is 4. The van der Waals surface area contributed by atoms with Crippen molar-refractivity contribution in [3.05, 3.63) is 12.2 Å². The Balaban J connectivity index is 2.63. The fraction of sp³-hybridized carbons (Fsp3) is 0.714. The van der Waals surface area contributed by atoms with Gasteiger partial charge in [-0.3, -0.25) is 0 Å². The topological polar surface area (TPSA) is 47.9 Å². The highest BCUT2D eigenvalue weighted by Crippen LogP contribution is 2.24. The molecule has 2 unspecified atom stereocenters. The number of allylic oxidation sites excluding steroid dienone is 2. The number of carbonyl (C=O) groups is 1. The number of aliphatic imine (C=N–C) groups is 1. The van der Waals surface area contributed by atoms with Gasteiger partial charge in [-0.25, -0.2) is 9.79 Å². The average molecular weight is 253 g/mol. The maximum atomic E-state index is 12.0. The first-order chi connectivity index (χ1) is 8.35. The fourth-order valence-corrected chi connectivity index (χ4v) is 1.82. The Morgan fingerprint density at radius 3 is 2.78 bits per heavy atom. The molecule has 1 heterocycles. The lowest BCUT2D eigenvalue weighted by Gasteiger charge is -2.25. The first kappa shape index (κ1) is 14.7. The maximum Gasteiger partial charge on any atom is 0.335 e. The highest BCUT2D eigenvalue weighted by molar-refractivity contribution is 5.80. The Kier molecular flexibility index (Phi) is 4.93. The van der Waals surface area contributed by atoms with E-state index in [0.717, 1.165) is 6.42 Å². The zero-order chi connectivity index (χ0) is 13.8. The number of rotatable bonds is 4. The molecule has 0 spiro atoms. The zero-order valence-electron chi connectivity index (χ0n) is 11.8. The summed E-state index contributed by atoms with van der Waals surface area (Å²) in [4.78, 5) is 16.1. The minimum Gasteiger partial charge on any atom is -0.477 e. The first-order valence-corrected chi connectivity index (χ1v) is 6.36. The smallest absolute Gasteiger partial charge is 0.335 e. The predicted octanol–water partition coefficient (Wildman–Crippen LogP) is 2.73. The van der Waals surface area contributed by atoms with Gasteiger partial charge in [0, 0.05) is 0 Å². The van der Waals surface area contributed by atoms with Crippen molar-refractivity contribution in [3.63, 3.8) is 0 Å². The van der Waals surface area contributed by atoms with Crippen molar-refractivity contribution in [2.24, 2.45) is 10.9 Å². The Hall–Kier alpha value is -1.32. The van der Waals surface area contributed by atoms with E-state index in [2.05, 4.69) is 18.0 Å². The van der Waals surface area contributed by atoms with E-state index in [1.807, 2.05) is 33.8 Å².